The Bertz CT molecular complexity index is 735. The number of rotatable bonds is 4. The van der Waals surface area contributed by atoms with Gasteiger partial charge in [-0.05, 0) is 30.6 Å². The summed E-state index contributed by atoms with van der Waals surface area (Å²) in [7, 11) is -0.404. The number of nitrogens with one attached hydrogen (secondary N) is 1. The number of aryl methyl sites for hydroxylation is 1. The molecule has 1 spiro atoms. The Kier molecular flexibility index (Phi) is 4.30. The fourth-order valence-corrected chi connectivity index (χ4v) is 6.29. The molecule has 9 heteroatoms. The zero-order chi connectivity index (χ0) is 17.7. The smallest absolute Gasteiger partial charge is 0.260 e. The van der Waals surface area contributed by atoms with Crippen molar-refractivity contribution in [2.24, 2.45) is 18.4 Å². The first-order valence-corrected chi connectivity index (χ1v) is 10.3. The van der Waals surface area contributed by atoms with Gasteiger partial charge in [0.05, 0.1) is 19.8 Å². The summed E-state index contributed by atoms with van der Waals surface area (Å²) in [6, 6.07) is 1.49. The van der Waals surface area contributed by atoms with Gasteiger partial charge >= 0.3 is 0 Å². The second-order valence-electron chi connectivity index (χ2n) is 7.54. The Morgan fingerprint density at radius 2 is 2.24 bits per heavy atom. The fraction of sp³-hybridized carbons (Fsp3) is 0.812. The molecule has 25 heavy (non-hydrogen) atoms. The minimum Gasteiger partial charge on any atom is -0.480 e. The van der Waals surface area contributed by atoms with Crippen molar-refractivity contribution >= 4 is 10.0 Å². The lowest BCUT2D eigenvalue weighted by Gasteiger charge is -2.47. The van der Waals surface area contributed by atoms with Crippen molar-refractivity contribution in [1.29, 1.82) is 0 Å². The van der Waals surface area contributed by atoms with Gasteiger partial charge < -0.3 is 14.8 Å². The number of morpholine rings is 1. The molecule has 0 bridgehead atoms. The predicted molar refractivity (Wildman–Crippen MR) is 90.9 cm³/mol. The molecular weight excluding hydrogens is 344 g/mol. The summed E-state index contributed by atoms with van der Waals surface area (Å²) in [5, 5.41) is 7.64. The van der Waals surface area contributed by atoms with Gasteiger partial charge in [-0.1, -0.05) is 0 Å². The molecular formula is C16H26N4O4S. The molecule has 1 N–H and O–H groups in total. The quantitative estimate of drug-likeness (QED) is 0.815. The standard InChI is InChI=1S/C16H26N4O4S/c1-19-15(7-14(18-19)23-2)25(21,22)20-10-16(11-20)4-3-12(8-16)13-9-17-5-6-24-13/h7,12-13,17H,3-6,8-11H2,1-2H3. The Hall–Kier alpha value is -1.16. The van der Waals surface area contributed by atoms with E-state index in [1.807, 2.05) is 0 Å². The molecule has 2 atom stereocenters. The number of aromatic nitrogens is 2. The fourth-order valence-electron chi connectivity index (χ4n) is 4.52. The average Bonchev–Trinajstić information content (AvgIpc) is 3.18. The molecule has 1 saturated carbocycles. The van der Waals surface area contributed by atoms with E-state index in [4.69, 9.17) is 9.47 Å². The summed E-state index contributed by atoms with van der Waals surface area (Å²) in [5.41, 5.74) is 0.126. The highest BCUT2D eigenvalue weighted by molar-refractivity contribution is 7.89. The predicted octanol–water partition coefficient (Wildman–Crippen LogP) is 0.208. The number of hydrogen-bond acceptors (Lipinski definition) is 6. The van der Waals surface area contributed by atoms with Crippen molar-refractivity contribution in [2.45, 2.75) is 30.4 Å². The van der Waals surface area contributed by atoms with Crippen LogP contribution >= 0.6 is 0 Å². The van der Waals surface area contributed by atoms with E-state index in [0.717, 1.165) is 39.0 Å². The lowest BCUT2D eigenvalue weighted by Crippen LogP contribution is -2.57. The third-order valence-corrected chi connectivity index (χ3v) is 7.72. The molecule has 2 unspecified atom stereocenters. The lowest BCUT2D eigenvalue weighted by molar-refractivity contribution is -0.0168. The van der Waals surface area contributed by atoms with Crippen LogP contribution in [0.4, 0.5) is 0 Å². The van der Waals surface area contributed by atoms with Crippen molar-refractivity contribution in [1.82, 2.24) is 19.4 Å². The Morgan fingerprint density at radius 1 is 1.44 bits per heavy atom. The van der Waals surface area contributed by atoms with Gasteiger partial charge in [-0.2, -0.15) is 4.31 Å². The molecule has 0 amide bonds. The number of methoxy groups -OCH3 is 1. The monoisotopic (exact) mass is 370 g/mol. The molecule has 1 aliphatic carbocycles. The first-order valence-electron chi connectivity index (χ1n) is 8.84. The number of nitrogens with zero attached hydrogens (tertiary/aromatic N) is 3. The van der Waals surface area contributed by atoms with Crippen LogP contribution in [0.1, 0.15) is 19.3 Å². The van der Waals surface area contributed by atoms with Crippen LogP contribution in [0.15, 0.2) is 11.1 Å². The molecule has 1 aromatic rings. The van der Waals surface area contributed by atoms with Gasteiger partial charge in [0.25, 0.3) is 10.0 Å². The van der Waals surface area contributed by atoms with Crippen LogP contribution in [-0.4, -0.2) is 68.5 Å². The molecule has 1 aromatic heterocycles. The van der Waals surface area contributed by atoms with E-state index in [1.54, 1.807) is 11.4 Å². The molecule has 2 aliphatic heterocycles. The summed E-state index contributed by atoms with van der Waals surface area (Å²) in [5.74, 6) is 0.855. The first-order chi connectivity index (χ1) is 11.9. The van der Waals surface area contributed by atoms with Gasteiger partial charge in [0.1, 0.15) is 0 Å². The van der Waals surface area contributed by atoms with Crippen LogP contribution in [0, 0.1) is 11.3 Å². The van der Waals surface area contributed by atoms with E-state index in [-0.39, 0.29) is 16.5 Å². The van der Waals surface area contributed by atoms with Crippen LogP contribution in [0.25, 0.3) is 0 Å². The Labute approximate surface area is 148 Å². The molecule has 2 saturated heterocycles. The maximum atomic E-state index is 12.9. The van der Waals surface area contributed by atoms with Crippen LogP contribution in [0.3, 0.4) is 0 Å². The summed E-state index contributed by atoms with van der Waals surface area (Å²) >= 11 is 0. The van der Waals surface area contributed by atoms with Crippen LogP contribution in [0.2, 0.25) is 0 Å². The largest absolute Gasteiger partial charge is 0.480 e. The molecule has 140 valence electrons. The maximum Gasteiger partial charge on any atom is 0.260 e. The molecule has 4 rings (SSSR count). The van der Waals surface area contributed by atoms with Gasteiger partial charge in [0.15, 0.2) is 5.03 Å². The van der Waals surface area contributed by atoms with E-state index >= 15 is 0 Å². The molecule has 0 radical (unpaired) electrons. The SMILES string of the molecule is COc1cc(S(=O)(=O)N2CC3(CCC(C4CNCCO4)C3)C2)n(C)n1. The zero-order valence-electron chi connectivity index (χ0n) is 14.8. The number of hydrogen-bond donors (Lipinski definition) is 1. The van der Waals surface area contributed by atoms with Crippen molar-refractivity contribution in [3.8, 4) is 5.88 Å². The zero-order valence-corrected chi connectivity index (χ0v) is 15.6. The summed E-state index contributed by atoms with van der Waals surface area (Å²) in [6.45, 7) is 3.81. The summed E-state index contributed by atoms with van der Waals surface area (Å²) < 4.78 is 39.6. The van der Waals surface area contributed by atoms with Gasteiger partial charge in [-0.15, -0.1) is 5.10 Å². The van der Waals surface area contributed by atoms with Gasteiger partial charge in [0.2, 0.25) is 5.88 Å². The van der Waals surface area contributed by atoms with E-state index < -0.39 is 10.0 Å². The molecule has 3 heterocycles. The third kappa shape index (κ3) is 2.97. The van der Waals surface area contributed by atoms with Crippen LogP contribution in [0.5, 0.6) is 5.88 Å². The highest BCUT2D eigenvalue weighted by Crippen LogP contribution is 2.51. The van der Waals surface area contributed by atoms with Crippen molar-refractivity contribution in [2.75, 3.05) is 39.9 Å². The van der Waals surface area contributed by atoms with Gasteiger partial charge in [-0.3, -0.25) is 4.68 Å². The topological polar surface area (TPSA) is 85.7 Å². The van der Waals surface area contributed by atoms with Crippen molar-refractivity contribution in [3.05, 3.63) is 6.07 Å². The molecule has 3 aliphatic rings. The number of sulfonamides is 1. The van der Waals surface area contributed by atoms with Crippen LogP contribution in [-0.2, 0) is 21.8 Å². The van der Waals surface area contributed by atoms with E-state index in [1.165, 1.54) is 17.9 Å². The molecule has 0 aromatic carbocycles. The molecule has 8 nitrogen and oxygen atoms in total. The normalized spacial score (nSPS) is 29.7. The van der Waals surface area contributed by atoms with E-state index in [2.05, 4.69) is 10.4 Å². The average molecular weight is 370 g/mol. The van der Waals surface area contributed by atoms with E-state index in [9.17, 15) is 8.42 Å². The molecule has 3 fully saturated rings. The Morgan fingerprint density at radius 3 is 2.88 bits per heavy atom. The Balaban J connectivity index is 1.42. The highest BCUT2D eigenvalue weighted by Gasteiger charge is 2.53. The van der Waals surface area contributed by atoms with Crippen molar-refractivity contribution < 1.29 is 17.9 Å². The van der Waals surface area contributed by atoms with Gasteiger partial charge in [-0.25, -0.2) is 8.42 Å². The van der Waals surface area contributed by atoms with E-state index in [0.29, 0.717) is 24.9 Å². The van der Waals surface area contributed by atoms with Crippen molar-refractivity contribution in [3.63, 3.8) is 0 Å². The first kappa shape index (κ1) is 17.3. The summed E-state index contributed by atoms with van der Waals surface area (Å²) in [4.78, 5) is 0. The highest BCUT2D eigenvalue weighted by atomic mass is 32.2. The summed E-state index contributed by atoms with van der Waals surface area (Å²) in [6.07, 6.45) is 3.54. The second kappa shape index (κ2) is 6.22. The minimum atomic E-state index is -3.52. The maximum absolute atomic E-state index is 12.9. The van der Waals surface area contributed by atoms with Gasteiger partial charge in [0, 0.05) is 39.3 Å². The lowest BCUT2D eigenvalue weighted by atomic mass is 9.79. The number of ether oxygens (including phenoxy) is 2. The second-order valence-corrected chi connectivity index (χ2v) is 9.42. The minimum absolute atomic E-state index is 0.126. The van der Waals surface area contributed by atoms with Crippen LogP contribution < -0.4 is 10.1 Å². The third-order valence-electron chi connectivity index (χ3n) is 5.87.